The smallest absolute Gasteiger partial charge is 0.334 e. The molecule has 2 amide bonds. The maximum absolute atomic E-state index is 11.7. The van der Waals surface area contributed by atoms with Crippen molar-refractivity contribution >= 4 is 23.9 Å². The fourth-order valence-corrected chi connectivity index (χ4v) is 1.02. The van der Waals surface area contributed by atoms with Crippen molar-refractivity contribution in [2.75, 3.05) is 33.9 Å². The van der Waals surface area contributed by atoms with E-state index in [2.05, 4.69) is 14.8 Å². The predicted octanol–water partition coefficient (Wildman–Crippen LogP) is -2.21. The number of aliphatic hydroxyl groups excluding tert-OH is 1. The molecule has 0 bridgehead atoms. The summed E-state index contributed by atoms with van der Waals surface area (Å²) in [5.74, 6) is -3.07. The zero-order chi connectivity index (χ0) is 15.7. The SMILES string of the molecule is COC(=O)CN(CC(=O)OC)C(=O)NC[C@H](O)C(=O)O. The van der Waals surface area contributed by atoms with Crippen molar-refractivity contribution in [2.45, 2.75) is 6.10 Å². The number of aliphatic carboxylic acids is 1. The van der Waals surface area contributed by atoms with E-state index in [4.69, 9.17) is 10.2 Å². The van der Waals surface area contributed by atoms with Gasteiger partial charge < -0.3 is 29.9 Å². The molecule has 0 aromatic heterocycles. The van der Waals surface area contributed by atoms with Gasteiger partial charge in [0.25, 0.3) is 0 Å². The zero-order valence-corrected chi connectivity index (χ0v) is 11.0. The van der Waals surface area contributed by atoms with E-state index in [1.165, 1.54) is 0 Å². The van der Waals surface area contributed by atoms with Crippen LogP contribution in [-0.4, -0.2) is 79.0 Å². The molecule has 0 aliphatic carbocycles. The number of esters is 2. The number of aliphatic hydroxyl groups is 1. The van der Waals surface area contributed by atoms with Gasteiger partial charge in [0.1, 0.15) is 13.1 Å². The third-order valence-corrected chi connectivity index (χ3v) is 2.11. The van der Waals surface area contributed by atoms with Crippen molar-refractivity contribution < 1.29 is 38.9 Å². The van der Waals surface area contributed by atoms with Crippen molar-refractivity contribution in [2.24, 2.45) is 0 Å². The van der Waals surface area contributed by atoms with Crippen LogP contribution in [0.5, 0.6) is 0 Å². The van der Waals surface area contributed by atoms with Crippen LogP contribution in [0.4, 0.5) is 4.79 Å². The molecular weight excluding hydrogens is 276 g/mol. The lowest BCUT2D eigenvalue weighted by atomic mass is 10.3. The normalized spacial score (nSPS) is 11.2. The minimum atomic E-state index is -1.79. The third kappa shape index (κ3) is 6.54. The van der Waals surface area contributed by atoms with E-state index >= 15 is 0 Å². The Morgan fingerprint density at radius 1 is 1.10 bits per heavy atom. The number of carboxylic acids is 1. The number of amides is 2. The molecule has 0 aliphatic heterocycles. The standard InChI is InChI=1S/C10H16N2O8/c1-19-7(14)4-12(5-8(15)20-2)10(18)11-3-6(13)9(16)17/h6,13H,3-5H2,1-2H3,(H,11,18)(H,16,17)/t6-/m0/s1. The largest absolute Gasteiger partial charge is 0.479 e. The van der Waals surface area contributed by atoms with Crippen LogP contribution < -0.4 is 5.32 Å². The van der Waals surface area contributed by atoms with Crippen LogP contribution in [0.25, 0.3) is 0 Å². The Bertz CT molecular complexity index is 365. The molecule has 0 spiro atoms. The summed E-state index contributed by atoms with van der Waals surface area (Å²) in [5, 5.41) is 19.5. The number of rotatable bonds is 7. The van der Waals surface area contributed by atoms with Crippen LogP contribution in [0.15, 0.2) is 0 Å². The molecule has 0 radical (unpaired) electrons. The lowest BCUT2D eigenvalue weighted by Gasteiger charge is -2.21. The Hall–Kier alpha value is -2.36. The van der Waals surface area contributed by atoms with Crippen LogP contribution >= 0.6 is 0 Å². The number of nitrogens with zero attached hydrogens (tertiary/aromatic N) is 1. The molecule has 0 unspecified atom stereocenters. The van der Waals surface area contributed by atoms with Crippen molar-refractivity contribution in [1.82, 2.24) is 10.2 Å². The maximum atomic E-state index is 11.7. The monoisotopic (exact) mass is 292 g/mol. The number of urea groups is 1. The summed E-state index contributed by atoms with van der Waals surface area (Å²) >= 11 is 0. The molecule has 20 heavy (non-hydrogen) atoms. The number of nitrogens with one attached hydrogen (secondary N) is 1. The van der Waals surface area contributed by atoms with Gasteiger partial charge in [-0.15, -0.1) is 0 Å². The third-order valence-electron chi connectivity index (χ3n) is 2.11. The molecule has 0 fully saturated rings. The first kappa shape index (κ1) is 17.6. The maximum Gasteiger partial charge on any atom is 0.334 e. The second-order valence-corrected chi connectivity index (χ2v) is 3.55. The highest BCUT2D eigenvalue weighted by Gasteiger charge is 2.22. The van der Waals surface area contributed by atoms with Gasteiger partial charge in [0.15, 0.2) is 6.10 Å². The molecule has 10 heteroatoms. The Morgan fingerprint density at radius 3 is 1.90 bits per heavy atom. The Labute approximate surface area is 114 Å². The molecule has 0 saturated carbocycles. The Kier molecular flexibility index (Phi) is 7.67. The molecule has 114 valence electrons. The van der Waals surface area contributed by atoms with Crippen LogP contribution in [0.1, 0.15) is 0 Å². The molecule has 0 aromatic carbocycles. The van der Waals surface area contributed by atoms with Crippen molar-refractivity contribution in [3.63, 3.8) is 0 Å². The average Bonchev–Trinajstić information content (AvgIpc) is 2.42. The number of carbonyl (C=O) groups is 4. The van der Waals surface area contributed by atoms with E-state index in [1.807, 2.05) is 0 Å². The fourth-order valence-electron chi connectivity index (χ4n) is 1.02. The van der Waals surface area contributed by atoms with E-state index in [-0.39, 0.29) is 0 Å². The molecule has 10 nitrogen and oxygen atoms in total. The number of carboxylic acid groups (broad SMARTS) is 1. The first-order chi connectivity index (χ1) is 9.31. The molecule has 0 aliphatic rings. The van der Waals surface area contributed by atoms with E-state index in [1.54, 1.807) is 0 Å². The van der Waals surface area contributed by atoms with Gasteiger partial charge in [-0.25, -0.2) is 9.59 Å². The molecule has 0 rings (SSSR count). The Morgan fingerprint density at radius 2 is 1.55 bits per heavy atom. The first-order valence-corrected chi connectivity index (χ1v) is 5.39. The van der Waals surface area contributed by atoms with E-state index in [0.717, 1.165) is 19.1 Å². The van der Waals surface area contributed by atoms with Gasteiger partial charge in [-0.2, -0.15) is 0 Å². The number of ether oxygens (including phenoxy) is 2. The summed E-state index contributed by atoms with van der Waals surface area (Å²) in [5.41, 5.74) is 0. The fraction of sp³-hybridized carbons (Fsp3) is 0.600. The minimum absolute atomic E-state index is 0.527. The number of hydrogen-bond donors (Lipinski definition) is 3. The van der Waals surface area contributed by atoms with Gasteiger partial charge in [0.2, 0.25) is 0 Å². The highest BCUT2D eigenvalue weighted by molar-refractivity contribution is 5.85. The number of hydrogen-bond acceptors (Lipinski definition) is 7. The predicted molar refractivity (Wildman–Crippen MR) is 62.6 cm³/mol. The molecule has 0 aromatic rings. The van der Waals surface area contributed by atoms with Gasteiger partial charge in [0, 0.05) is 0 Å². The van der Waals surface area contributed by atoms with E-state index in [9.17, 15) is 19.2 Å². The second kappa shape index (κ2) is 8.69. The van der Waals surface area contributed by atoms with Crippen LogP contribution in [0, 0.1) is 0 Å². The topological polar surface area (TPSA) is 142 Å². The van der Waals surface area contributed by atoms with Gasteiger partial charge in [-0.05, 0) is 0 Å². The van der Waals surface area contributed by atoms with Gasteiger partial charge in [0.05, 0.1) is 20.8 Å². The van der Waals surface area contributed by atoms with E-state index < -0.39 is 49.7 Å². The van der Waals surface area contributed by atoms with Crippen LogP contribution in [-0.2, 0) is 23.9 Å². The summed E-state index contributed by atoms with van der Waals surface area (Å²) in [6.07, 6.45) is -1.79. The van der Waals surface area contributed by atoms with Crippen molar-refractivity contribution in [3.05, 3.63) is 0 Å². The summed E-state index contributed by atoms with van der Waals surface area (Å²) in [6.45, 7) is -1.63. The summed E-state index contributed by atoms with van der Waals surface area (Å²) in [7, 11) is 2.20. The first-order valence-electron chi connectivity index (χ1n) is 5.39. The lowest BCUT2D eigenvalue weighted by molar-refractivity contribution is -0.147. The lowest BCUT2D eigenvalue weighted by Crippen LogP contribution is -2.48. The van der Waals surface area contributed by atoms with Crippen LogP contribution in [0.3, 0.4) is 0 Å². The second-order valence-electron chi connectivity index (χ2n) is 3.55. The van der Waals surface area contributed by atoms with Crippen LogP contribution in [0.2, 0.25) is 0 Å². The van der Waals surface area contributed by atoms with Gasteiger partial charge in [-0.1, -0.05) is 0 Å². The molecule has 0 saturated heterocycles. The Balaban J connectivity index is 4.58. The quantitative estimate of drug-likeness (QED) is 0.448. The van der Waals surface area contributed by atoms with Crippen molar-refractivity contribution in [1.29, 1.82) is 0 Å². The molecule has 0 heterocycles. The summed E-state index contributed by atoms with van der Waals surface area (Å²) in [6, 6.07) is -0.916. The zero-order valence-electron chi connectivity index (χ0n) is 11.0. The number of methoxy groups -OCH3 is 2. The highest BCUT2D eigenvalue weighted by Crippen LogP contribution is 1.94. The summed E-state index contributed by atoms with van der Waals surface area (Å²) in [4.78, 5) is 45.0. The van der Waals surface area contributed by atoms with Gasteiger partial charge in [-0.3, -0.25) is 9.59 Å². The number of carbonyl (C=O) groups excluding carboxylic acids is 3. The average molecular weight is 292 g/mol. The van der Waals surface area contributed by atoms with Crippen molar-refractivity contribution in [3.8, 4) is 0 Å². The van der Waals surface area contributed by atoms with Gasteiger partial charge >= 0.3 is 23.9 Å². The minimum Gasteiger partial charge on any atom is -0.479 e. The highest BCUT2D eigenvalue weighted by atomic mass is 16.5. The molecule has 1 atom stereocenters. The molecule has 3 N–H and O–H groups in total. The molecular formula is C10H16N2O8. The van der Waals surface area contributed by atoms with E-state index in [0.29, 0.717) is 0 Å². The summed E-state index contributed by atoms with van der Waals surface area (Å²) < 4.78 is 8.71.